The van der Waals surface area contributed by atoms with Crippen molar-refractivity contribution in [3.05, 3.63) is 109 Å². The fraction of sp³-hybridized carbons (Fsp3) is 0.583. The third-order valence-electron chi connectivity index (χ3n) is 8.73. The summed E-state index contributed by atoms with van der Waals surface area (Å²) < 4.78 is 47.7. The largest absolute Gasteiger partial charge is 0.472 e. The molecule has 0 bridgehead atoms. The number of allylic oxidation sites excluding steroid dienone is 16. The SMILES string of the molecule is CC/C=C\C/C=C\CC(O)/C=C/C=C\C/C=C\C/C=C\CCC(=O)O[C@H](COC(=O)CCCCCC/C=C\C/C=C\C/C=C\CCCCC)COP(=O)(O)OC[C@@H](O)COP(=O)(O)O. The second kappa shape index (κ2) is 42.4. The maximum Gasteiger partial charge on any atom is 0.472 e. The number of rotatable bonds is 41. The molecule has 0 saturated heterocycles. The molecule has 5 N–H and O–H groups in total. The molecule has 0 aliphatic rings. The van der Waals surface area contributed by atoms with Gasteiger partial charge in [-0.3, -0.25) is 23.2 Å². The van der Waals surface area contributed by atoms with E-state index >= 15 is 0 Å². The van der Waals surface area contributed by atoms with E-state index in [1.165, 1.54) is 19.3 Å². The number of phosphoric acid groups is 2. The van der Waals surface area contributed by atoms with Crippen LogP contribution in [0.15, 0.2) is 109 Å². The Morgan fingerprint density at radius 2 is 1.06 bits per heavy atom. The summed E-state index contributed by atoms with van der Waals surface area (Å²) in [6.45, 7) is 1.41. The van der Waals surface area contributed by atoms with E-state index in [-0.39, 0.29) is 12.8 Å². The van der Waals surface area contributed by atoms with Gasteiger partial charge < -0.3 is 34.4 Å². The fourth-order valence-electron chi connectivity index (χ4n) is 5.29. The van der Waals surface area contributed by atoms with Gasteiger partial charge in [-0.15, -0.1) is 0 Å². The van der Waals surface area contributed by atoms with Crippen LogP contribution in [0, 0.1) is 0 Å². The van der Waals surface area contributed by atoms with Crippen molar-refractivity contribution in [2.24, 2.45) is 0 Å². The number of carbonyl (C=O) groups is 2. The van der Waals surface area contributed by atoms with E-state index in [0.717, 1.165) is 57.8 Å². The highest BCUT2D eigenvalue weighted by Gasteiger charge is 2.28. The molecule has 0 aromatic rings. The molecule has 0 spiro atoms. The monoisotopic (exact) mass is 940 g/mol. The molecule has 0 aromatic heterocycles. The molecule has 16 heteroatoms. The van der Waals surface area contributed by atoms with E-state index < -0.39 is 72.3 Å². The van der Waals surface area contributed by atoms with Crippen LogP contribution in [0.4, 0.5) is 0 Å². The summed E-state index contributed by atoms with van der Waals surface area (Å²) in [6.07, 6.45) is 48.3. The Kier molecular flexibility index (Phi) is 40.2. The van der Waals surface area contributed by atoms with E-state index in [0.29, 0.717) is 32.1 Å². The van der Waals surface area contributed by atoms with Gasteiger partial charge in [0.15, 0.2) is 6.10 Å². The molecule has 0 fully saturated rings. The average molecular weight is 941 g/mol. The van der Waals surface area contributed by atoms with Crippen LogP contribution in [-0.4, -0.2) is 81.6 Å². The molecule has 2 unspecified atom stereocenters. The maximum absolute atomic E-state index is 12.7. The van der Waals surface area contributed by atoms with Crippen LogP contribution in [0.2, 0.25) is 0 Å². The molecule has 0 heterocycles. The Bertz CT molecular complexity index is 1560. The summed E-state index contributed by atoms with van der Waals surface area (Å²) >= 11 is 0. The standard InChI is InChI=1S/C48H78O14P2/c1-3-5-7-9-11-12-13-14-15-16-17-18-19-23-26-30-34-38-47(51)58-42-46(43-61-64(56,57)60-41-45(50)40-59-63(53,54)55)62-48(52)39-35-31-27-24-21-20-22-25-29-33-37-44(49)36-32-28-10-8-6-4-2/h6,8,11-12,14-15,17-18,20-21,25,27-29,31-33,37,44-46,49-50H,3-5,7,9-10,13,16,19,22-24,26,30,34-36,38-43H2,1-2H3,(H,56,57)(H2,53,54,55)/b8-6-,12-11-,15-14-,18-17-,21-20-,29-25-,31-27-,32-28-,37-33+/t44?,45-,46+/m0/s1. The highest BCUT2D eigenvalue weighted by atomic mass is 31.2. The molecule has 64 heavy (non-hydrogen) atoms. The predicted octanol–water partition coefficient (Wildman–Crippen LogP) is 10.9. The normalized spacial score (nSPS) is 15.4. The van der Waals surface area contributed by atoms with Gasteiger partial charge in [0, 0.05) is 12.8 Å². The minimum atomic E-state index is -4.89. The first-order valence-corrected chi connectivity index (χ1v) is 25.7. The van der Waals surface area contributed by atoms with Crippen molar-refractivity contribution in [2.75, 3.05) is 26.4 Å². The lowest BCUT2D eigenvalue weighted by Crippen LogP contribution is -2.29. The van der Waals surface area contributed by atoms with Gasteiger partial charge in [0.05, 0.1) is 25.9 Å². The molecule has 0 saturated carbocycles. The molecule has 0 radical (unpaired) electrons. The Hall–Kier alpha value is -3.26. The van der Waals surface area contributed by atoms with Gasteiger partial charge in [-0.2, -0.15) is 0 Å². The first-order chi connectivity index (χ1) is 30.8. The third kappa shape index (κ3) is 45.3. The number of aliphatic hydroxyl groups excluding tert-OH is 2. The molecule has 14 nitrogen and oxygen atoms in total. The summed E-state index contributed by atoms with van der Waals surface area (Å²) in [6, 6.07) is 0. The van der Waals surface area contributed by atoms with Crippen molar-refractivity contribution in [1.29, 1.82) is 0 Å². The zero-order valence-corrected chi connectivity index (χ0v) is 40.0. The first kappa shape index (κ1) is 60.7. The van der Waals surface area contributed by atoms with Crippen molar-refractivity contribution >= 4 is 27.6 Å². The van der Waals surface area contributed by atoms with Crippen LogP contribution in [-0.2, 0) is 41.8 Å². The molecular formula is C48H78O14P2. The molecule has 0 rings (SSSR count). The van der Waals surface area contributed by atoms with Crippen LogP contribution in [0.25, 0.3) is 0 Å². The number of ether oxygens (including phenoxy) is 2. The highest BCUT2D eigenvalue weighted by molar-refractivity contribution is 7.47. The topological polar surface area (TPSA) is 216 Å². The van der Waals surface area contributed by atoms with Crippen molar-refractivity contribution in [2.45, 2.75) is 154 Å². The van der Waals surface area contributed by atoms with Crippen molar-refractivity contribution in [1.82, 2.24) is 0 Å². The Labute approximate surface area is 383 Å². The van der Waals surface area contributed by atoms with Gasteiger partial charge in [0.25, 0.3) is 0 Å². The molecule has 0 aliphatic heterocycles. The van der Waals surface area contributed by atoms with E-state index in [9.17, 15) is 33.8 Å². The van der Waals surface area contributed by atoms with E-state index in [1.54, 1.807) is 6.08 Å². The Balaban J connectivity index is 4.74. The smallest absolute Gasteiger partial charge is 0.462 e. The zero-order chi connectivity index (χ0) is 47.4. The van der Waals surface area contributed by atoms with Crippen LogP contribution < -0.4 is 0 Å². The van der Waals surface area contributed by atoms with E-state index in [1.807, 2.05) is 54.7 Å². The van der Waals surface area contributed by atoms with E-state index in [4.69, 9.17) is 23.8 Å². The lowest BCUT2D eigenvalue weighted by Gasteiger charge is -2.20. The lowest BCUT2D eigenvalue weighted by atomic mass is 10.1. The van der Waals surface area contributed by atoms with Gasteiger partial charge in [-0.25, -0.2) is 9.13 Å². The van der Waals surface area contributed by atoms with Gasteiger partial charge >= 0.3 is 27.6 Å². The minimum absolute atomic E-state index is 0.0287. The lowest BCUT2D eigenvalue weighted by molar-refractivity contribution is -0.161. The average Bonchev–Trinajstić information content (AvgIpc) is 3.25. The molecule has 0 amide bonds. The Morgan fingerprint density at radius 3 is 1.69 bits per heavy atom. The van der Waals surface area contributed by atoms with Crippen LogP contribution in [0.1, 0.15) is 136 Å². The maximum atomic E-state index is 12.7. The summed E-state index contributed by atoms with van der Waals surface area (Å²) in [5.41, 5.74) is 0. The predicted molar refractivity (Wildman–Crippen MR) is 254 cm³/mol. The number of hydrogen-bond donors (Lipinski definition) is 5. The third-order valence-corrected chi connectivity index (χ3v) is 10.2. The van der Waals surface area contributed by atoms with Gasteiger partial charge in [-0.05, 0) is 83.5 Å². The van der Waals surface area contributed by atoms with E-state index in [2.05, 4.69) is 71.5 Å². The quantitative estimate of drug-likeness (QED) is 0.0127. The summed E-state index contributed by atoms with van der Waals surface area (Å²) in [7, 11) is -9.74. The van der Waals surface area contributed by atoms with Crippen LogP contribution >= 0.6 is 15.6 Å². The van der Waals surface area contributed by atoms with Crippen molar-refractivity contribution in [3.8, 4) is 0 Å². The molecular weight excluding hydrogens is 862 g/mol. The molecule has 364 valence electrons. The minimum Gasteiger partial charge on any atom is -0.462 e. The number of esters is 2. The fourth-order valence-corrected chi connectivity index (χ4v) is 6.44. The second-order valence-electron chi connectivity index (χ2n) is 14.8. The van der Waals surface area contributed by atoms with Crippen LogP contribution in [0.3, 0.4) is 0 Å². The first-order valence-electron chi connectivity index (χ1n) is 22.7. The summed E-state index contributed by atoms with van der Waals surface area (Å²) in [5, 5.41) is 19.8. The number of unbranched alkanes of at least 4 members (excludes halogenated alkanes) is 7. The molecule has 0 aromatic carbocycles. The highest BCUT2D eigenvalue weighted by Crippen LogP contribution is 2.43. The number of phosphoric ester groups is 2. The van der Waals surface area contributed by atoms with Gasteiger partial charge in [0.2, 0.25) is 0 Å². The Morgan fingerprint density at radius 1 is 0.531 bits per heavy atom. The summed E-state index contributed by atoms with van der Waals surface area (Å²) in [4.78, 5) is 52.7. The number of aliphatic hydroxyl groups is 2. The van der Waals surface area contributed by atoms with Gasteiger partial charge in [0.1, 0.15) is 12.7 Å². The second-order valence-corrected chi connectivity index (χ2v) is 17.5. The zero-order valence-electron chi connectivity index (χ0n) is 38.2. The molecule has 4 atom stereocenters. The number of hydrogen-bond acceptors (Lipinski definition) is 11. The van der Waals surface area contributed by atoms with Crippen molar-refractivity contribution in [3.63, 3.8) is 0 Å². The van der Waals surface area contributed by atoms with Crippen molar-refractivity contribution < 1.29 is 66.7 Å². The van der Waals surface area contributed by atoms with Gasteiger partial charge in [-0.1, -0.05) is 149 Å². The number of carbonyl (C=O) groups excluding carboxylic acids is 2. The molecule has 0 aliphatic carbocycles. The van der Waals surface area contributed by atoms with Crippen LogP contribution in [0.5, 0.6) is 0 Å². The summed E-state index contributed by atoms with van der Waals surface area (Å²) in [5.74, 6) is -1.20.